The number of nitrogens with zero attached hydrogens (tertiary/aromatic N) is 2. The van der Waals surface area contributed by atoms with Crippen LogP contribution in [-0.4, -0.2) is 55.2 Å². The monoisotopic (exact) mass is 583 g/mol. The van der Waals surface area contributed by atoms with Gasteiger partial charge in [0.25, 0.3) is 5.91 Å². The highest BCUT2D eigenvalue weighted by Gasteiger charge is 2.60. The topological polar surface area (TPSA) is 91.8 Å². The third kappa shape index (κ3) is 6.13. The molecule has 2 aromatic heterocycles. The van der Waals surface area contributed by atoms with Gasteiger partial charge in [-0.25, -0.2) is 4.98 Å². The van der Waals surface area contributed by atoms with E-state index in [4.69, 9.17) is 23.9 Å². The van der Waals surface area contributed by atoms with Gasteiger partial charge in [0, 0.05) is 35.5 Å². The third-order valence-corrected chi connectivity index (χ3v) is 8.12. The van der Waals surface area contributed by atoms with Gasteiger partial charge in [-0.05, 0) is 85.5 Å². The van der Waals surface area contributed by atoms with Crippen LogP contribution in [0, 0.1) is 12.8 Å². The summed E-state index contributed by atoms with van der Waals surface area (Å²) in [5.41, 5.74) is 2.60. The van der Waals surface area contributed by atoms with Gasteiger partial charge in [0.15, 0.2) is 6.29 Å². The minimum atomic E-state index is -4.65. The standard InChI is InChI=1S/C31H32F3N3O5/c1-19-5-6-23(36-29(38)20-7-8-35-26(12-20)31(32,33)34)15-24(19)21-13-25(30-16-22(30)17-39-18-30)37-27(14-21)40-10-11-42-28-4-2-3-9-41-28/h5-8,12-15,22,28H,2-4,9-11,16-18H2,1H3,(H,36,38)/t22-,28?,30-/m1/s1. The quantitative estimate of drug-likeness (QED) is 0.312. The molecule has 1 aliphatic carbocycles. The SMILES string of the molecule is Cc1ccc(NC(=O)c2ccnc(C(F)(F)F)c2)cc1-c1cc(OCCOC2CCCCO2)nc([C@]23COC[C@H]2C3)c1. The van der Waals surface area contributed by atoms with Crippen LogP contribution in [0.25, 0.3) is 11.1 Å². The Labute approximate surface area is 241 Å². The van der Waals surface area contributed by atoms with E-state index in [0.29, 0.717) is 50.5 Å². The summed E-state index contributed by atoms with van der Waals surface area (Å²) < 4.78 is 62.5. The molecule has 0 spiro atoms. The molecule has 0 bridgehead atoms. The Kier molecular flexibility index (Phi) is 7.91. The lowest BCUT2D eigenvalue weighted by atomic mass is 9.95. The van der Waals surface area contributed by atoms with Gasteiger partial charge in [-0.2, -0.15) is 13.2 Å². The van der Waals surface area contributed by atoms with Gasteiger partial charge in [-0.15, -0.1) is 0 Å². The smallest absolute Gasteiger partial charge is 0.433 e. The minimum absolute atomic E-state index is 0.127. The number of ether oxygens (including phenoxy) is 4. The summed E-state index contributed by atoms with van der Waals surface area (Å²) in [7, 11) is 0. The van der Waals surface area contributed by atoms with Crippen molar-refractivity contribution in [2.75, 3.05) is 38.4 Å². The number of benzene rings is 1. The number of carbonyl (C=O) groups is 1. The first-order valence-electron chi connectivity index (χ1n) is 14.1. The number of aryl methyl sites for hydroxylation is 1. The van der Waals surface area contributed by atoms with E-state index >= 15 is 0 Å². The van der Waals surface area contributed by atoms with Crippen molar-refractivity contribution in [3.63, 3.8) is 0 Å². The number of hydrogen-bond acceptors (Lipinski definition) is 7. The number of carbonyl (C=O) groups excluding carboxylic acids is 1. The van der Waals surface area contributed by atoms with Gasteiger partial charge in [0.05, 0.1) is 25.5 Å². The minimum Gasteiger partial charge on any atom is -0.475 e. The van der Waals surface area contributed by atoms with Crippen LogP contribution in [0.15, 0.2) is 48.7 Å². The highest BCUT2D eigenvalue weighted by molar-refractivity contribution is 6.04. The molecular weight excluding hydrogens is 551 g/mol. The predicted octanol–water partition coefficient (Wildman–Crippen LogP) is 5.93. The largest absolute Gasteiger partial charge is 0.475 e. The number of fused-ring (bicyclic) bond motifs is 1. The molecule has 222 valence electrons. The third-order valence-electron chi connectivity index (χ3n) is 8.12. The molecule has 2 aliphatic heterocycles. The molecule has 1 saturated carbocycles. The number of nitrogens with one attached hydrogen (secondary N) is 1. The summed E-state index contributed by atoms with van der Waals surface area (Å²) in [4.78, 5) is 21.0. The van der Waals surface area contributed by atoms with Gasteiger partial charge in [-0.1, -0.05) is 6.07 Å². The number of pyridine rings is 2. The van der Waals surface area contributed by atoms with Crippen molar-refractivity contribution in [3.8, 4) is 17.0 Å². The van der Waals surface area contributed by atoms with Crippen molar-refractivity contribution in [2.45, 2.75) is 50.5 Å². The van der Waals surface area contributed by atoms with Crippen LogP contribution >= 0.6 is 0 Å². The Morgan fingerprint density at radius 2 is 2.02 bits per heavy atom. The molecule has 3 fully saturated rings. The van der Waals surface area contributed by atoms with E-state index in [9.17, 15) is 18.0 Å². The van der Waals surface area contributed by atoms with Gasteiger partial charge in [-0.3, -0.25) is 9.78 Å². The lowest BCUT2D eigenvalue weighted by Crippen LogP contribution is -2.24. The van der Waals surface area contributed by atoms with E-state index in [1.54, 1.807) is 12.1 Å². The first-order valence-corrected chi connectivity index (χ1v) is 14.1. The molecule has 1 aromatic carbocycles. The zero-order valence-corrected chi connectivity index (χ0v) is 23.2. The molecular formula is C31H32F3N3O5. The molecule has 4 heterocycles. The first-order chi connectivity index (χ1) is 20.2. The molecule has 1 unspecified atom stereocenters. The van der Waals surface area contributed by atoms with Crippen LogP contribution in [0.2, 0.25) is 0 Å². The maximum absolute atomic E-state index is 13.1. The number of anilines is 1. The average Bonchev–Trinajstić information content (AvgIpc) is 3.55. The Morgan fingerprint density at radius 3 is 2.76 bits per heavy atom. The summed E-state index contributed by atoms with van der Waals surface area (Å²) in [5.74, 6) is 0.225. The Morgan fingerprint density at radius 1 is 1.14 bits per heavy atom. The lowest BCUT2D eigenvalue weighted by molar-refractivity contribution is -0.165. The van der Waals surface area contributed by atoms with Gasteiger partial charge < -0.3 is 24.3 Å². The number of amides is 1. The van der Waals surface area contributed by atoms with E-state index in [-0.39, 0.29) is 17.3 Å². The van der Waals surface area contributed by atoms with Crippen LogP contribution in [-0.2, 0) is 25.8 Å². The van der Waals surface area contributed by atoms with Crippen molar-refractivity contribution in [3.05, 3.63) is 71.2 Å². The molecule has 6 rings (SSSR count). The highest BCUT2D eigenvalue weighted by Crippen LogP contribution is 2.58. The zero-order chi connectivity index (χ0) is 29.3. The summed E-state index contributed by atoms with van der Waals surface area (Å²) in [6, 6.07) is 11.3. The van der Waals surface area contributed by atoms with Crippen molar-refractivity contribution >= 4 is 11.6 Å². The molecule has 11 heteroatoms. The van der Waals surface area contributed by atoms with Gasteiger partial charge in [0.1, 0.15) is 12.3 Å². The fourth-order valence-corrected chi connectivity index (χ4v) is 5.65. The second-order valence-electron chi connectivity index (χ2n) is 11.1. The highest BCUT2D eigenvalue weighted by atomic mass is 19.4. The van der Waals surface area contributed by atoms with Crippen molar-refractivity contribution in [1.29, 1.82) is 0 Å². The van der Waals surface area contributed by atoms with Gasteiger partial charge in [0.2, 0.25) is 5.88 Å². The van der Waals surface area contributed by atoms with Crippen LogP contribution in [0.3, 0.4) is 0 Å². The fourth-order valence-electron chi connectivity index (χ4n) is 5.65. The number of halogens is 3. The molecule has 42 heavy (non-hydrogen) atoms. The van der Waals surface area contributed by atoms with E-state index in [2.05, 4.69) is 10.3 Å². The summed E-state index contributed by atoms with van der Waals surface area (Å²) in [5, 5.41) is 2.72. The van der Waals surface area contributed by atoms with Crippen LogP contribution < -0.4 is 10.1 Å². The summed E-state index contributed by atoms with van der Waals surface area (Å²) in [6.45, 7) is 4.66. The first kappa shape index (κ1) is 28.6. The Balaban J connectivity index is 1.23. The van der Waals surface area contributed by atoms with E-state index < -0.39 is 17.8 Å². The van der Waals surface area contributed by atoms with E-state index in [0.717, 1.165) is 60.3 Å². The normalized spacial score (nSPS) is 23.3. The molecule has 2 saturated heterocycles. The number of hydrogen-bond donors (Lipinski definition) is 1. The molecule has 8 nitrogen and oxygen atoms in total. The molecule has 0 radical (unpaired) electrons. The fraction of sp³-hybridized carbons (Fsp3) is 0.452. The average molecular weight is 584 g/mol. The number of alkyl halides is 3. The van der Waals surface area contributed by atoms with Gasteiger partial charge >= 0.3 is 6.18 Å². The van der Waals surface area contributed by atoms with E-state index in [1.165, 1.54) is 6.07 Å². The van der Waals surface area contributed by atoms with Crippen LogP contribution in [0.4, 0.5) is 18.9 Å². The molecule has 1 N–H and O–H groups in total. The Hall–Kier alpha value is -3.54. The number of aromatic nitrogens is 2. The molecule has 3 aromatic rings. The predicted molar refractivity (Wildman–Crippen MR) is 147 cm³/mol. The molecule has 3 atom stereocenters. The maximum Gasteiger partial charge on any atom is 0.433 e. The summed E-state index contributed by atoms with van der Waals surface area (Å²) in [6.07, 6.45) is 0.140. The summed E-state index contributed by atoms with van der Waals surface area (Å²) >= 11 is 0. The van der Waals surface area contributed by atoms with Crippen LogP contribution in [0.5, 0.6) is 5.88 Å². The molecule has 1 amide bonds. The van der Waals surface area contributed by atoms with Crippen molar-refractivity contribution in [2.24, 2.45) is 5.92 Å². The lowest BCUT2D eigenvalue weighted by Gasteiger charge is -2.22. The van der Waals surface area contributed by atoms with E-state index in [1.807, 2.05) is 25.1 Å². The van der Waals surface area contributed by atoms with Crippen molar-refractivity contribution < 1.29 is 36.9 Å². The zero-order valence-electron chi connectivity index (χ0n) is 23.2. The van der Waals surface area contributed by atoms with Crippen LogP contribution in [0.1, 0.15) is 53.0 Å². The maximum atomic E-state index is 13.1. The van der Waals surface area contributed by atoms with Crippen molar-refractivity contribution in [1.82, 2.24) is 9.97 Å². The second-order valence-corrected chi connectivity index (χ2v) is 11.1. The molecule has 3 aliphatic rings. The Bertz CT molecular complexity index is 1460. The number of rotatable bonds is 9. The second kappa shape index (κ2) is 11.6.